The second kappa shape index (κ2) is 9.37. The van der Waals surface area contributed by atoms with Gasteiger partial charge in [-0.05, 0) is 61.1 Å². The molecule has 6 rings (SSSR count). The van der Waals surface area contributed by atoms with Gasteiger partial charge in [0.05, 0.1) is 6.54 Å². The van der Waals surface area contributed by atoms with Gasteiger partial charge in [0, 0.05) is 23.9 Å². The summed E-state index contributed by atoms with van der Waals surface area (Å²) < 4.78 is 38.9. The number of benzene rings is 2. The molecule has 3 fully saturated rings. The number of halogens is 2. The van der Waals surface area contributed by atoms with Crippen LogP contribution in [0.4, 0.5) is 19.3 Å². The van der Waals surface area contributed by atoms with Gasteiger partial charge in [0.15, 0.2) is 5.76 Å². The third-order valence-corrected chi connectivity index (χ3v) is 8.02. The molecular weight excluding hydrogens is 520 g/mol. The average Bonchev–Trinajstić information content (AvgIpc) is 3.36. The minimum absolute atomic E-state index is 0.0300. The fraction of sp³-hybridized carbons (Fsp3) is 0.367. The number of rotatable bonds is 6. The third-order valence-electron chi connectivity index (χ3n) is 8.02. The smallest absolute Gasteiger partial charge is 0.414 e. The molecule has 40 heavy (non-hydrogen) atoms. The summed E-state index contributed by atoms with van der Waals surface area (Å²) in [4.78, 5) is 40.0. The Labute approximate surface area is 229 Å². The van der Waals surface area contributed by atoms with E-state index in [0.717, 1.165) is 16.8 Å². The number of cyclic esters (lactones) is 1. The Morgan fingerprint density at radius 3 is 2.25 bits per heavy atom. The molecule has 3 aliphatic rings. The van der Waals surface area contributed by atoms with E-state index in [1.165, 1.54) is 0 Å². The van der Waals surface area contributed by atoms with Crippen molar-refractivity contribution in [1.82, 2.24) is 10.6 Å². The minimum atomic E-state index is -2.90. The number of carbonyl (C=O) groups excluding carboxylic acids is 3. The average molecular weight is 548 g/mol. The molecule has 2 N–H and O–H groups in total. The van der Waals surface area contributed by atoms with E-state index >= 15 is 0 Å². The monoisotopic (exact) mass is 547 g/mol. The highest BCUT2D eigenvalue weighted by atomic mass is 19.3. The van der Waals surface area contributed by atoms with E-state index in [1.54, 1.807) is 17.0 Å². The lowest BCUT2D eigenvalue weighted by molar-refractivity contribution is -0.133. The first kappa shape index (κ1) is 25.9. The van der Waals surface area contributed by atoms with Crippen molar-refractivity contribution in [1.29, 1.82) is 0 Å². The standard InChI is InChI=1S/C30H27F2N3O5/c1-2-28(9-10-28)34-26(37)29(11-13-30(31,32)14-12-29)33-25(36)24-18-21-4-3-20(17-23(21)40-24)19-5-7-22(8-6-19)35-15-16-39-27(35)38/h1,3-8,17-18H,9-16H2,(H,33,36)(H,34,37). The van der Waals surface area contributed by atoms with Crippen LogP contribution >= 0.6 is 0 Å². The topological polar surface area (TPSA) is 101 Å². The highest BCUT2D eigenvalue weighted by Gasteiger charge is 2.52. The summed E-state index contributed by atoms with van der Waals surface area (Å²) in [6, 6.07) is 14.5. The van der Waals surface area contributed by atoms with Gasteiger partial charge in [0.25, 0.3) is 5.91 Å². The maximum Gasteiger partial charge on any atom is 0.414 e. The Bertz CT molecular complexity index is 1540. The zero-order valence-corrected chi connectivity index (χ0v) is 21.6. The van der Waals surface area contributed by atoms with Gasteiger partial charge >= 0.3 is 6.09 Å². The molecule has 1 aromatic heterocycles. The third kappa shape index (κ3) is 4.76. The van der Waals surface area contributed by atoms with Crippen LogP contribution in [0.3, 0.4) is 0 Å². The van der Waals surface area contributed by atoms with Gasteiger partial charge in [-0.25, -0.2) is 13.6 Å². The summed E-state index contributed by atoms with van der Waals surface area (Å²) in [5.41, 5.74) is 0.602. The highest BCUT2D eigenvalue weighted by Crippen LogP contribution is 2.41. The molecule has 0 radical (unpaired) electrons. The molecule has 3 amide bonds. The maximum absolute atomic E-state index is 14.0. The Kier molecular flexibility index (Phi) is 6.06. The maximum atomic E-state index is 14.0. The van der Waals surface area contributed by atoms with E-state index in [9.17, 15) is 23.2 Å². The fourth-order valence-corrected chi connectivity index (χ4v) is 5.28. The number of fused-ring (bicyclic) bond motifs is 1. The largest absolute Gasteiger partial charge is 0.451 e. The van der Waals surface area contributed by atoms with Crippen LogP contribution < -0.4 is 15.5 Å². The first-order valence-corrected chi connectivity index (χ1v) is 13.2. The molecule has 1 saturated heterocycles. The number of amides is 3. The number of nitrogens with one attached hydrogen (secondary N) is 2. The Balaban J connectivity index is 1.22. The summed E-state index contributed by atoms with van der Waals surface area (Å²) in [6.07, 6.45) is 4.92. The summed E-state index contributed by atoms with van der Waals surface area (Å²) in [5.74, 6) is -1.57. The normalized spacial score (nSPS) is 20.4. The molecule has 0 atom stereocenters. The van der Waals surface area contributed by atoms with Gasteiger partial charge in [0.2, 0.25) is 11.8 Å². The minimum Gasteiger partial charge on any atom is -0.451 e. The second-order valence-corrected chi connectivity index (χ2v) is 10.7. The molecule has 2 heterocycles. The second-order valence-electron chi connectivity index (χ2n) is 10.7. The number of carbonyl (C=O) groups is 3. The predicted molar refractivity (Wildman–Crippen MR) is 143 cm³/mol. The summed E-state index contributed by atoms with van der Waals surface area (Å²) in [5, 5.41) is 6.18. The van der Waals surface area contributed by atoms with E-state index in [0.29, 0.717) is 37.0 Å². The van der Waals surface area contributed by atoms with Crippen LogP contribution in [0.2, 0.25) is 0 Å². The number of nitrogens with zero attached hydrogens (tertiary/aromatic N) is 1. The quantitative estimate of drug-likeness (QED) is 0.423. The van der Waals surface area contributed by atoms with E-state index in [4.69, 9.17) is 15.6 Å². The zero-order valence-electron chi connectivity index (χ0n) is 21.6. The van der Waals surface area contributed by atoms with Gasteiger partial charge < -0.3 is 19.8 Å². The fourth-order valence-electron chi connectivity index (χ4n) is 5.28. The van der Waals surface area contributed by atoms with Gasteiger partial charge in [-0.15, -0.1) is 6.42 Å². The van der Waals surface area contributed by atoms with Gasteiger partial charge in [-0.3, -0.25) is 14.5 Å². The van der Waals surface area contributed by atoms with E-state index in [2.05, 4.69) is 16.6 Å². The number of ether oxygens (including phenoxy) is 1. The number of terminal acetylenes is 1. The first-order chi connectivity index (χ1) is 19.1. The predicted octanol–water partition coefficient (Wildman–Crippen LogP) is 5.02. The Hall–Kier alpha value is -4.39. The lowest BCUT2D eigenvalue weighted by Gasteiger charge is -2.39. The van der Waals surface area contributed by atoms with Gasteiger partial charge in [-0.1, -0.05) is 30.2 Å². The van der Waals surface area contributed by atoms with Crippen molar-refractivity contribution < 1.29 is 32.3 Å². The zero-order chi connectivity index (χ0) is 28.1. The van der Waals surface area contributed by atoms with Crippen molar-refractivity contribution in [2.24, 2.45) is 0 Å². The molecule has 0 bridgehead atoms. The Morgan fingerprint density at radius 2 is 1.62 bits per heavy atom. The van der Waals surface area contributed by atoms with Crippen LogP contribution in [0.5, 0.6) is 0 Å². The van der Waals surface area contributed by atoms with E-state index in [1.807, 2.05) is 36.4 Å². The summed E-state index contributed by atoms with van der Waals surface area (Å²) >= 11 is 0. The number of hydrogen-bond acceptors (Lipinski definition) is 5. The van der Waals surface area contributed by atoms with Crippen molar-refractivity contribution in [2.45, 2.75) is 55.5 Å². The molecule has 8 nitrogen and oxygen atoms in total. The molecule has 3 aromatic rings. The molecule has 0 spiro atoms. The van der Waals surface area contributed by atoms with Crippen molar-refractivity contribution in [3.63, 3.8) is 0 Å². The molecular formula is C30H27F2N3O5. The number of hydrogen-bond donors (Lipinski definition) is 2. The van der Waals surface area contributed by atoms with Gasteiger partial charge in [-0.2, -0.15) is 0 Å². The number of anilines is 1. The SMILES string of the molecule is C#CC1(NC(=O)C2(NC(=O)c3cc4ccc(-c5ccc(N6CCOC6=O)cc5)cc4o3)CCC(F)(F)CC2)CC1. The first-order valence-electron chi connectivity index (χ1n) is 13.2. The molecule has 10 heteroatoms. The molecule has 2 aromatic carbocycles. The summed E-state index contributed by atoms with van der Waals surface area (Å²) in [7, 11) is 0. The van der Waals surface area contributed by atoms with Crippen molar-refractivity contribution in [3.8, 4) is 23.5 Å². The lowest BCUT2D eigenvalue weighted by atomic mass is 9.78. The van der Waals surface area contributed by atoms with Crippen LogP contribution in [0.1, 0.15) is 49.1 Å². The molecule has 1 aliphatic heterocycles. The van der Waals surface area contributed by atoms with E-state index in [-0.39, 0.29) is 24.7 Å². The van der Waals surface area contributed by atoms with E-state index < -0.39 is 41.7 Å². The number of furan rings is 1. The van der Waals surface area contributed by atoms with Crippen molar-refractivity contribution in [2.75, 3.05) is 18.1 Å². The van der Waals surface area contributed by atoms with Crippen LogP contribution in [0, 0.1) is 12.3 Å². The van der Waals surface area contributed by atoms with Crippen LogP contribution in [-0.4, -0.2) is 48.1 Å². The van der Waals surface area contributed by atoms with Crippen LogP contribution in [-0.2, 0) is 9.53 Å². The van der Waals surface area contributed by atoms with Crippen molar-refractivity contribution in [3.05, 3.63) is 54.3 Å². The molecule has 206 valence electrons. The highest BCUT2D eigenvalue weighted by molar-refractivity contribution is 6.01. The van der Waals surface area contributed by atoms with Crippen LogP contribution in [0.25, 0.3) is 22.1 Å². The lowest BCUT2D eigenvalue weighted by Crippen LogP contribution is -2.62. The van der Waals surface area contributed by atoms with Crippen LogP contribution in [0.15, 0.2) is 52.9 Å². The number of alkyl halides is 2. The molecule has 0 unspecified atom stereocenters. The van der Waals surface area contributed by atoms with Gasteiger partial charge in [0.1, 0.15) is 23.3 Å². The molecule has 2 aliphatic carbocycles. The summed E-state index contributed by atoms with van der Waals surface area (Å²) in [6.45, 7) is 0.854. The van der Waals surface area contributed by atoms with Crippen molar-refractivity contribution >= 4 is 34.6 Å². The Morgan fingerprint density at radius 1 is 0.925 bits per heavy atom. The molecule has 2 saturated carbocycles.